The summed E-state index contributed by atoms with van der Waals surface area (Å²) in [5, 5.41) is 6.22. The smallest absolute Gasteiger partial charge is 0.149 e. The van der Waals surface area contributed by atoms with Crippen LogP contribution in [-0.4, -0.2) is 43.5 Å². The zero-order chi connectivity index (χ0) is 13.6. The summed E-state index contributed by atoms with van der Waals surface area (Å²) in [4.78, 5) is 8.26. The molecular weight excluding hydrogens is 252 g/mol. The highest BCUT2D eigenvalue weighted by molar-refractivity contribution is 7.90. The first kappa shape index (κ1) is 14.7. The lowest BCUT2D eigenvalue weighted by Gasteiger charge is -2.11. The van der Waals surface area contributed by atoms with E-state index in [0.717, 1.165) is 24.3 Å². The molecule has 1 aromatic heterocycles. The minimum atomic E-state index is -2.95. The van der Waals surface area contributed by atoms with Crippen LogP contribution in [-0.2, 0) is 9.84 Å². The number of nitrogens with zero attached hydrogens (tertiary/aromatic N) is 2. The molecule has 0 radical (unpaired) electrons. The van der Waals surface area contributed by atoms with Gasteiger partial charge in [-0.3, -0.25) is 0 Å². The number of sulfone groups is 1. The van der Waals surface area contributed by atoms with Gasteiger partial charge in [-0.2, -0.15) is 0 Å². The van der Waals surface area contributed by atoms with Crippen molar-refractivity contribution in [2.75, 3.05) is 35.7 Å². The third-order valence-corrected chi connectivity index (χ3v) is 3.34. The van der Waals surface area contributed by atoms with Crippen LogP contribution in [0.15, 0.2) is 6.33 Å². The molecule has 2 N–H and O–H groups in total. The van der Waals surface area contributed by atoms with E-state index < -0.39 is 9.84 Å². The maximum atomic E-state index is 11.0. The van der Waals surface area contributed by atoms with Crippen LogP contribution < -0.4 is 10.6 Å². The third-order valence-electron chi connectivity index (χ3n) is 2.39. The average molecular weight is 272 g/mol. The van der Waals surface area contributed by atoms with Gasteiger partial charge in [0, 0.05) is 24.9 Å². The first-order valence-corrected chi connectivity index (χ1v) is 7.97. The molecule has 0 amide bonds. The van der Waals surface area contributed by atoms with Crippen molar-refractivity contribution in [2.24, 2.45) is 0 Å². The van der Waals surface area contributed by atoms with Crippen molar-refractivity contribution in [3.63, 3.8) is 0 Å². The van der Waals surface area contributed by atoms with E-state index in [-0.39, 0.29) is 5.75 Å². The van der Waals surface area contributed by atoms with E-state index in [1.807, 2.05) is 6.92 Å². The van der Waals surface area contributed by atoms with Crippen LogP contribution in [0.3, 0.4) is 0 Å². The van der Waals surface area contributed by atoms with Gasteiger partial charge in [-0.05, 0) is 13.3 Å². The van der Waals surface area contributed by atoms with Crippen LogP contribution in [0.25, 0.3) is 0 Å². The second kappa shape index (κ2) is 6.53. The molecule has 0 saturated heterocycles. The van der Waals surface area contributed by atoms with Crippen LogP contribution in [0.1, 0.15) is 18.9 Å². The van der Waals surface area contributed by atoms with E-state index in [1.54, 1.807) is 0 Å². The Labute approximate surface area is 108 Å². The van der Waals surface area contributed by atoms with Gasteiger partial charge < -0.3 is 10.6 Å². The van der Waals surface area contributed by atoms with Gasteiger partial charge in [0.15, 0.2) is 0 Å². The normalized spacial score (nSPS) is 11.3. The Morgan fingerprint density at radius 1 is 1.17 bits per heavy atom. The summed E-state index contributed by atoms with van der Waals surface area (Å²) in [6.07, 6.45) is 3.70. The van der Waals surface area contributed by atoms with E-state index in [2.05, 4.69) is 27.5 Å². The Bertz CT molecular complexity index is 488. The quantitative estimate of drug-likeness (QED) is 0.772. The number of anilines is 2. The number of aromatic nitrogens is 2. The van der Waals surface area contributed by atoms with Crippen molar-refractivity contribution in [1.82, 2.24) is 9.97 Å². The van der Waals surface area contributed by atoms with Gasteiger partial charge in [-0.25, -0.2) is 18.4 Å². The number of hydrogen-bond acceptors (Lipinski definition) is 6. The molecule has 0 bridgehead atoms. The lowest BCUT2D eigenvalue weighted by atomic mass is 10.3. The Kier molecular flexibility index (Phi) is 5.33. The first-order valence-electron chi connectivity index (χ1n) is 5.91. The molecule has 18 heavy (non-hydrogen) atoms. The van der Waals surface area contributed by atoms with Crippen molar-refractivity contribution in [2.45, 2.75) is 20.3 Å². The molecule has 6 nitrogen and oxygen atoms in total. The van der Waals surface area contributed by atoms with Gasteiger partial charge >= 0.3 is 0 Å². The molecule has 0 aromatic carbocycles. The first-order chi connectivity index (χ1) is 8.44. The van der Waals surface area contributed by atoms with E-state index in [1.165, 1.54) is 12.6 Å². The molecule has 0 unspecified atom stereocenters. The van der Waals surface area contributed by atoms with E-state index in [4.69, 9.17) is 0 Å². The number of rotatable bonds is 7. The zero-order valence-corrected chi connectivity index (χ0v) is 11.8. The van der Waals surface area contributed by atoms with Crippen molar-refractivity contribution < 1.29 is 8.42 Å². The van der Waals surface area contributed by atoms with Crippen LogP contribution in [0.4, 0.5) is 11.6 Å². The van der Waals surface area contributed by atoms with Crippen molar-refractivity contribution in [3.05, 3.63) is 11.9 Å². The van der Waals surface area contributed by atoms with E-state index in [0.29, 0.717) is 12.4 Å². The van der Waals surface area contributed by atoms with Crippen molar-refractivity contribution in [3.8, 4) is 0 Å². The third kappa shape index (κ3) is 4.87. The molecule has 1 rings (SSSR count). The predicted molar refractivity (Wildman–Crippen MR) is 73.8 cm³/mol. The Balaban J connectivity index is 2.66. The summed E-state index contributed by atoms with van der Waals surface area (Å²) >= 11 is 0. The summed E-state index contributed by atoms with van der Waals surface area (Å²) in [7, 11) is -2.95. The zero-order valence-electron chi connectivity index (χ0n) is 11.0. The molecule has 0 fully saturated rings. The fraction of sp³-hybridized carbons (Fsp3) is 0.636. The second-order valence-corrected chi connectivity index (χ2v) is 6.44. The standard InChI is InChI=1S/C11H20N4O2S/c1-4-5-12-10-9(2)11(15-8-14-10)13-6-7-18(3,16)17/h8H,4-7H2,1-3H3,(H2,12,13,14,15). The lowest BCUT2D eigenvalue weighted by Crippen LogP contribution is -2.16. The SMILES string of the molecule is CCCNc1ncnc(NCCS(C)(=O)=O)c1C. The molecule has 1 aromatic rings. The van der Waals surface area contributed by atoms with Gasteiger partial charge in [0.2, 0.25) is 0 Å². The predicted octanol–water partition coefficient (Wildman–Crippen LogP) is 1.06. The Morgan fingerprint density at radius 2 is 1.72 bits per heavy atom. The summed E-state index contributed by atoms with van der Waals surface area (Å²) < 4.78 is 22.1. The number of nitrogens with one attached hydrogen (secondary N) is 2. The molecule has 0 aliphatic rings. The fourth-order valence-corrected chi connectivity index (χ4v) is 1.88. The van der Waals surface area contributed by atoms with Crippen LogP contribution in [0.5, 0.6) is 0 Å². The highest BCUT2D eigenvalue weighted by Gasteiger charge is 2.07. The van der Waals surface area contributed by atoms with Gasteiger partial charge in [-0.1, -0.05) is 6.92 Å². The molecule has 1 heterocycles. The monoisotopic (exact) mass is 272 g/mol. The van der Waals surface area contributed by atoms with Crippen molar-refractivity contribution in [1.29, 1.82) is 0 Å². The van der Waals surface area contributed by atoms with E-state index >= 15 is 0 Å². The Morgan fingerprint density at radius 3 is 2.22 bits per heavy atom. The maximum absolute atomic E-state index is 11.0. The minimum absolute atomic E-state index is 0.0914. The topological polar surface area (TPSA) is 84.0 Å². The molecule has 7 heteroatoms. The van der Waals surface area contributed by atoms with Crippen molar-refractivity contribution >= 4 is 21.5 Å². The molecule has 0 spiro atoms. The van der Waals surface area contributed by atoms with Gasteiger partial charge in [0.05, 0.1) is 5.75 Å². The molecule has 102 valence electrons. The summed E-state index contributed by atoms with van der Waals surface area (Å²) in [6.45, 7) is 5.18. The van der Waals surface area contributed by atoms with E-state index in [9.17, 15) is 8.42 Å². The maximum Gasteiger partial charge on any atom is 0.149 e. The van der Waals surface area contributed by atoms with Gasteiger partial charge in [0.1, 0.15) is 27.8 Å². The molecular formula is C11H20N4O2S. The van der Waals surface area contributed by atoms with Gasteiger partial charge in [-0.15, -0.1) is 0 Å². The molecule has 0 aliphatic carbocycles. The molecule has 0 saturated carbocycles. The van der Waals surface area contributed by atoms with Crippen LogP contribution in [0, 0.1) is 6.92 Å². The summed E-state index contributed by atoms with van der Waals surface area (Å²) in [5.74, 6) is 1.55. The average Bonchev–Trinajstić information content (AvgIpc) is 2.28. The molecule has 0 atom stereocenters. The minimum Gasteiger partial charge on any atom is -0.370 e. The fourth-order valence-electron chi connectivity index (χ4n) is 1.40. The van der Waals surface area contributed by atoms with Crippen LogP contribution in [0.2, 0.25) is 0 Å². The lowest BCUT2D eigenvalue weighted by molar-refractivity contribution is 0.602. The highest BCUT2D eigenvalue weighted by Crippen LogP contribution is 2.17. The Hall–Kier alpha value is -1.37. The van der Waals surface area contributed by atoms with Gasteiger partial charge in [0.25, 0.3) is 0 Å². The second-order valence-electron chi connectivity index (χ2n) is 4.18. The summed E-state index contributed by atoms with van der Waals surface area (Å²) in [6, 6.07) is 0. The molecule has 0 aliphatic heterocycles. The number of hydrogen-bond donors (Lipinski definition) is 2. The highest BCUT2D eigenvalue weighted by atomic mass is 32.2. The summed E-state index contributed by atoms with van der Waals surface area (Å²) in [5.41, 5.74) is 0.902. The van der Waals surface area contributed by atoms with Crippen LogP contribution >= 0.6 is 0 Å². The largest absolute Gasteiger partial charge is 0.370 e.